The summed E-state index contributed by atoms with van der Waals surface area (Å²) in [6.07, 6.45) is 12.0. The Labute approximate surface area is 211 Å². The summed E-state index contributed by atoms with van der Waals surface area (Å²) >= 11 is 0. The number of benzene rings is 1. The molecule has 1 N–H and O–H groups in total. The molecule has 36 heavy (non-hydrogen) atoms. The third kappa shape index (κ3) is 12.7. The van der Waals surface area contributed by atoms with E-state index in [2.05, 4.69) is 0 Å². The van der Waals surface area contributed by atoms with E-state index in [1.165, 1.54) is 57.1 Å². The van der Waals surface area contributed by atoms with Gasteiger partial charge in [0, 0.05) is 6.42 Å². The Hall–Kier alpha value is -2.85. The molecule has 0 unspecified atom stereocenters. The zero-order valence-electron chi connectivity index (χ0n) is 20.6. The van der Waals surface area contributed by atoms with Crippen LogP contribution in [0.15, 0.2) is 29.2 Å². The van der Waals surface area contributed by atoms with Crippen LogP contribution in [0.5, 0.6) is 0 Å². The fraction of sp³-hybridized carbons (Fsp3) is 0.538. The first-order chi connectivity index (χ1) is 17.0. The fourth-order valence-electron chi connectivity index (χ4n) is 3.40. The molecule has 0 atom stereocenters. The van der Waals surface area contributed by atoms with Crippen LogP contribution in [0.2, 0.25) is 0 Å². The molecule has 1 aliphatic rings. The largest absolute Gasteiger partial charge is 0.294 e. The molecule has 0 radical (unpaired) electrons. The van der Waals surface area contributed by atoms with Crippen LogP contribution in [0.3, 0.4) is 0 Å². The van der Waals surface area contributed by atoms with Crippen LogP contribution in [0.4, 0.5) is 0 Å². The van der Waals surface area contributed by atoms with E-state index in [1.54, 1.807) is 12.1 Å². The van der Waals surface area contributed by atoms with Crippen LogP contribution in [0.25, 0.3) is 0 Å². The van der Waals surface area contributed by atoms with Gasteiger partial charge < -0.3 is 0 Å². The highest BCUT2D eigenvalue weighted by atomic mass is 32.2. The van der Waals surface area contributed by atoms with Crippen molar-refractivity contribution in [3.63, 3.8) is 0 Å². The fourth-order valence-corrected chi connectivity index (χ4v) is 3.88. The molecule has 0 aliphatic heterocycles. The first kappa shape index (κ1) is 31.2. The Kier molecular flexibility index (Phi) is 13.9. The summed E-state index contributed by atoms with van der Waals surface area (Å²) in [6, 6.07) is 5.99. The van der Waals surface area contributed by atoms with Gasteiger partial charge in [0.25, 0.3) is 33.3 Å². The number of Topliss-reactive ketones (excluding diaryl/α,β-unsaturated/α-hetero) is 5. The predicted molar refractivity (Wildman–Crippen MR) is 131 cm³/mol. The quantitative estimate of drug-likeness (QED) is 0.106. The highest BCUT2D eigenvalue weighted by Gasteiger charge is 2.32. The van der Waals surface area contributed by atoms with Crippen molar-refractivity contribution in [3.8, 4) is 0 Å². The van der Waals surface area contributed by atoms with Crippen LogP contribution >= 0.6 is 0 Å². The molecule has 0 aromatic heterocycles. The minimum Gasteiger partial charge on any atom is -0.294 e. The molecule has 2 rings (SSSR count). The maximum Gasteiger partial charge on any atom is 0.294 e. The topological polar surface area (TPSA) is 157 Å². The second kappa shape index (κ2) is 16.0. The molecule has 0 saturated heterocycles. The molecule has 9 nitrogen and oxygen atoms in total. The number of hydrogen-bond donors (Lipinski definition) is 1. The first-order valence-corrected chi connectivity index (χ1v) is 13.6. The summed E-state index contributed by atoms with van der Waals surface area (Å²) in [5, 5.41) is 0. The lowest BCUT2D eigenvalue weighted by molar-refractivity contribution is -0.151. The maximum atomic E-state index is 11.5. The van der Waals surface area contributed by atoms with Crippen molar-refractivity contribution in [2.24, 2.45) is 5.92 Å². The highest BCUT2D eigenvalue weighted by molar-refractivity contribution is 7.85. The van der Waals surface area contributed by atoms with Gasteiger partial charge in [-0.25, -0.2) is 0 Å². The van der Waals surface area contributed by atoms with E-state index < -0.39 is 39.0 Å². The van der Waals surface area contributed by atoms with E-state index in [-0.39, 0.29) is 17.6 Å². The standard InChI is InChI=1S/C19H26O6.C7H8O3S/c20-13-16(22)18(24)19(25)17(23)15(21)10-8-6-4-2-1-3-5-7-9-14-11-12-14;1-6-2-4-7(5-3-6)11(8,9)10/h13-14H,1-12H2;2-5H,1H3,(H,8,9,10). The number of aryl methyl sites for hydroxylation is 1. The van der Waals surface area contributed by atoms with E-state index in [4.69, 9.17) is 4.55 Å². The Bertz CT molecular complexity index is 1040. The van der Waals surface area contributed by atoms with Gasteiger partial charge in [-0.1, -0.05) is 81.9 Å². The van der Waals surface area contributed by atoms with E-state index in [0.717, 1.165) is 30.7 Å². The van der Waals surface area contributed by atoms with Crippen LogP contribution < -0.4 is 0 Å². The van der Waals surface area contributed by atoms with Gasteiger partial charge in [-0.3, -0.25) is 33.3 Å². The molecule has 198 valence electrons. The molecule has 0 heterocycles. The summed E-state index contributed by atoms with van der Waals surface area (Å²) < 4.78 is 29.6. The van der Waals surface area contributed by atoms with Crippen LogP contribution in [0.1, 0.15) is 82.6 Å². The van der Waals surface area contributed by atoms with E-state index >= 15 is 0 Å². The average Bonchev–Trinajstić information content (AvgIpc) is 3.67. The molecular formula is C26H34O9S. The Balaban J connectivity index is 0.000000488. The Morgan fingerprint density at radius 1 is 0.806 bits per heavy atom. The second-order valence-corrected chi connectivity index (χ2v) is 10.4. The first-order valence-electron chi connectivity index (χ1n) is 12.2. The summed E-state index contributed by atoms with van der Waals surface area (Å²) in [7, 11) is -4.02. The lowest BCUT2D eigenvalue weighted by Crippen LogP contribution is -2.35. The van der Waals surface area contributed by atoms with E-state index in [1.807, 2.05) is 6.92 Å². The summed E-state index contributed by atoms with van der Waals surface area (Å²) in [5.74, 6) is -6.54. The van der Waals surface area contributed by atoms with Gasteiger partial charge in [0.15, 0.2) is 6.29 Å². The molecule has 1 aliphatic carbocycles. The van der Waals surface area contributed by atoms with Gasteiger partial charge in [-0.05, 0) is 31.4 Å². The Morgan fingerprint density at radius 2 is 1.31 bits per heavy atom. The smallest absolute Gasteiger partial charge is 0.294 e. The number of rotatable bonds is 17. The van der Waals surface area contributed by atoms with Crippen LogP contribution in [-0.4, -0.2) is 48.2 Å². The van der Waals surface area contributed by atoms with Crippen molar-refractivity contribution < 1.29 is 41.7 Å². The zero-order valence-corrected chi connectivity index (χ0v) is 21.4. The SMILES string of the molecule is Cc1ccc(S(=O)(=O)O)cc1.O=CC(=O)C(=O)C(=O)C(=O)C(=O)CCCCCCCCCCC1CC1. The molecule has 0 amide bonds. The zero-order chi connectivity index (χ0) is 27.1. The van der Waals surface area contributed by atoms with E-state index in [0.29, 0.717) is 6.42 Å². The van der Waals surface area contributed by atoms with Gasteiger partial charge in [-0.2, -0.15) is 8.42 Å². The number of carbonyl (C=O) groups excluding carboxylic acids is 6. The minimum atomic E-state index is -4.02. The highest BCUT2D eigenvalue weighted by Crippen LogP contribution is 2.34. The molecule has 10 heteroatoms. The summed E-state index contributed by atoms with van der Waals surface area (Å²) in [5.41, 5.74) is 0.956. The lowest BCUT2D eigenvalue weighted by atomic mass is 10.0. The average molecular weight is 523 g/mol. The number of carbonyl (C=O) groups is 6. The summed E-state index contributed by atoms with van der Waals surface area (Å²) in [4.78, 5) is 66.1. The minimum absolute atomic E-state index is 0.0666. The Morgan fingerprint density at radius 3 is 1.78 bits per heavy atom. The normalized spacial score (nSPS) is 12.7. The van der Waals surface area contributed by atoms with Gasteiger partial charge in [0.05, 0.1) is 4.90 Å². The van der Waals surface area contributed by atoms with Crippen molar-refractivity contribution in [2.75, 3.05) is 0 Å². The number of aldehydes is 1. The molecule has 1 aromatic carbocycles. The molecule has 1 aromatic rings. The molecule has 0 spiro atoms. The van der Waals surface area contributed by atoms with Crippen molar-refractivity contribution >= 4 is 45.3 Å². The van der Waals surface area contributed by atoms with Gasteiger partial charge in [-0.15, -0.1) is 0 Å². The molecular weight excluding hydrogens is 488 g/mol. The number of hydrogen-bond acceptors (Lipinski definition) is 8. The third-order valence-corrected chi connectivity index (χ3v) is 6.65. The summed E-state index contributed by atoms with van der Waals surface area (Å²) in [6.45, 7) is 1.84. The van der Waals surface area contributed by atoms with Crippen LogP contribution in [0, 0.1) is 12.8 Å². The lowest BCUT2D eigenvalue weighted by Gasteiger charge is -2.02. The van der Waals surface area contributed by atoms with Gasteiger partial charge in [0.1, 0.15) is 0 Å². The molecule has 0 bridgehead atoms. The molecule has 1 fully saturated rings. The predicted octanol–water partition coefficient (Wildman–Crippen LogP) is 3.58. The van der Waals surface area contributed by atoms with Crippen molar-refractivity contribution in [3.05, 3.63) is 29.8 Å². The van der Waals surface area contributed by atoms with Crippen molar-refractivity contribution in [2.45, 2.75) is 88.9 Å². The van der Waals surface area contributed by atoms with Crippen molar-refractivity contribution in [1.82, 2.24) is 0 Å². The second-order valence-electron chi connectivity index (χ2n) is 8.99. The number of ketones is 5. The van der Waals surface area contributed by atoms with Crippen LogP contribution in [-0.2, 0) is 38.9 Å². The third-order valence-electron chi connectivity index (χ3n) is 5.78. The van der Waals surface area contributed by atoms with Crippen molar-refractivity contribution in [1.29, 1.82) is 0 Å². The van der Waals surface area contributed by atoms with Gasteiger partial charge in [0.2, 0.25) is 5.78 Å². The number of unbranched alkanes of at least 4 members (excludes halogenated alkanes) is 7. The molecule has 1 saturated carbocycles. The van der Waals surface area contributed by atoms with Gasteiger partial charge >= 0.3 is 0 Å². The van der Waals surface area contributed by atoms with E-state index in [9.17, 15) is 37.2 Å². The maximum absolute atomic E-state index is 11.5. The monoisotopic (exact) mass is 522 g/mol.